The molecule has 1 aromatic rings. The number of pyridine rings is 1. The maximum atomic E-state index is 5.64. The Morgan fingerprint density at radius 1 is 1.44 bits per heavy atom. The third-order valence-electron chi connectivity index (χ3n) is 3.91. The summed E-state index contributed by atoms with van der Waals surface area (Å²) in [4.78, 5) is 4.10. The van der Waals surface area contributed by atoms with Crippen LogP contribution in [0.15, 0.2) is 24.5 Å². The van der Waals surface area contributed by atoms with Gasteiger partial charge in [-0.25, -0.2) is 0 Å². The molecule has 1 aliphatic heterocycles. The molecular weight excluding hydrogens is 224 g/mol. The van der Waals surface area contributed by atoms with Crippen molar-refractivity contribution in [2.45, 2.75) is 38.6 Å². The van der Waals surface area contributed by atoms with Gasteiger partial charge in [-0.2, -0.15) is 0 Å². The zero-order valence-electron chi connectivity index (χ0n) is 11.4. The van der Waals surface area contributed by atoms with Gasteiger partial charge in [0.25, 0.3) is 0 Å². The molecule has 1 aliphatic rings. The number of nitrogens with one attached hydrogen (secondary N) is 1. The minimum atomic E-state index is 0.498. The predicted octanol–water partition coefficient (Wildman–Crippen LogP) is 2.59. The van der Waals surface area contributed by atoms with Gasteiger partial charge in [-0.3, -0.25) is 4.98 Å². The molecule has 3 nitrogen and oxygen atoms in total. The van der Waals surface area contributed by atoms with Gasteiger partial charge >= 0.3 is 0 Å². The summed E-state index contributed by atoms with van der Waals surface area (Å²) in [5.41, 5.74) is 1.36. The highest BCUT2D eigenvalue weighted by molar-refractivity contribution is 5.17. The van der Waals surface area contributed by atoms with E-state index in [2.05, 4.69) is 36.3 Å². The fraction of sp³-hybridized carbons (Fsp3) is 0.667. The van der Waals surface area contributed by atoms with Gasteiger partial charge in [0.05, 0.1) is 6.61 Å². The van der Waals surface area contributed by atoms with Crippen LogP contribution in [0.1, 0.15) is 38.2 Å². The maximum Gasteiger partial charge on any atom is 0.0509 e. The van der Waals surface area contributed by atoms with E-state index in [4.69, 9.17) is 4.74 Å². The molecule has 1 fully saturated rings. The van der Waals surface area contributed by atoms with Crippen LogP contribution < -0.4 is 5.32 Å². The van der Waals surface area contributed by atoms with Crippen LogP contribution in [0.3, 0.4) is 0 Å². The minimum absolute atomic E-state index is 0.498. The molecule has 18 heavy (non-hydrogen) atoms. The first-order chi connectivity index (χ1) is 8.83. The lowest BCUT2D eigenvalue weighted by molar-refractivity contribution is 0.0359. The topological polar surface area (TPSA) is 34.1 Å². The summed E-state index contributed by atoms with van der Waals surface area (Å²) in [5, 5.41) is 3.65. The number of nitrogens with zero attached hydrogens (tertiary/aromatic N) is 1. The van der Waals surface area contributed by atoms with Crippen LogP contribution in [0.4, 0.5) is 0 Å². The van der Waals surface area contributed by atoms with Gasteiger partial charge in [-0.15, -0.1) is 0 Å². The molecule has 2 heterocycles. The normalized spacial score (nSPS) is 23.6. The van der Waals surface area contributed by atoms with E-state index in [0.717, 1.165) is 19.8 Å². The summed E-state index contributed by atoms with van der Waals surface area (Å²) in [6.07, 6.45) is 6.22. The maximum absolute atomic E-state index is 5.64. The number of ether oxygens (including phenoxy) is 1. The summed E-state index contributed by atoms with van der Waals surface area (Å²) in [6, 6.07) is 4.75. The Bertz CT molecular complexity index is 336. The fourth-order valence-corrected chi connectivity index (χ4v) is 2.91. The van der Waals surface area contributed by atoms with Crippen molar-refractivity contribution in [1.29, 1.82) is 0 Å². The number of aromatic nitrogens is 1. The molecule has 3 heteroatoms. The Morgan fingerprint density at radius 2 is 2.22 bits per heavy atom. The lowest BCUT2D eigenvalue weighted by atomic mass is 9.82. The molecule has 0 aromatic carbocycles. The van der Waals surface area contributed by atoms with E-state index in [9.17, 15) is 0 Å². The quantitative estimate of drug-likeness (QED) is 0.869. The molecule has 0 saturated carbocycles. The van der Waals surface area contributed by atoms with Crippen LogP contribution >= 0.6 is 0 Å². The number of likely N-dealkylation sites (N-methyl/N-ethyl adjacent to an activating group) is 1. The molecule has 0 aliphatic carbocycles. The minimum Gasteiger partial charge on any atom is -0.381 e. The molecule has 1 aromatic heterocycles. The van der Waals surface area contributed by atoms with E-state index in [1.54, 1.807) is 0 Å². The molecule has 0 spiro atoms. The Morgan fingerprint density at radius 3 is 2.83 bits per heavy atom. The number of hydrogen-bond donors (Lipinski definition) is 1. The van der Waals surface area contributed by atoms with Gasteiger partial charge in [-0.05, 0) is 48.9 Å². The van der Waals surface area contributed by atoms with Gasteiger partial charge in [0.2, 0.25) is 0 Å². The average molecular weight is 248 g/mol. The molecule has 0 radical (unpaired) electrons. The van der Waals surface area contributed by atoms with E-state index >= 15 is 0 Å². The molecule has 0 amide bonds. The first-order valence-corrected chi connectivity index (χ1v) is 7.04. The molecule has 100 valence electrons. The Labute approximate surface area is 110 Å². The largest absolute Gasteiger partial charge is 0.381 e. The van der Waals surface area contributed by atoms with Crippen molar-refractivity contribution < 1.29 is 4.74 Å². The third-order valence-corrected chi connectivity index (χ3v) is 3.91. The lowest BCUT2D eigenvalue weighted by Crippen LogP contribution is -2.43. The second-order valence-electron chi connectivity index (χ2n) is 5.13. The number of rotatable bonds is 5. The number of hydrogen-bond acceptors (Lipinski definition) is 3. The lowest BCUT2D eigenvalue weighted by Gasteiger charge is -2.35. The molecule has 1 N–H and O–H groups in total. The SMILES string of the molecule is CCNC(C1CCCOC1)C(C)c1ccncc1. The van der Waals surface area contributed by atoms with Gasteiger partial charge in [0.15, 0.2) is 0 Å². The van der Waals surface area contributed by atoms with Crippen LogP contribution in [0.2, 0.25) is 0 Å². The molecule has 2 rings (SSSR count). The highest BCUT2D eigenvalue weighted by Crippen LogP contribution is 2.28. The van der Waals surface area contributed by atoms with Gasteiger partial charge in [-0.1, -0.05) is 13.8 Å². The van der Waals surface area contributed by atoms with Crippen molar-refractivity contribution in [3.8, 4) is 0 Å². The summed E-state index contributed by atoms with van der Waals surface area (Å²) in [6.45, 7) is 7.32. The highest BCUT2D eigenvalue weighted by atomic mass is 16.5. The van der Waals surface area contributed by atoms with Crippen molar-refractivity contribution >= 4 is 0 Å². The molecular formula is C15H24N2O. The van der Waals surface area contributed by atoms with E-state index in [1.165, 1.54) is 18.4 Å². The van der Waals surface area contributed by atoms with Gasteiger partial charge in [0, 0.05) is 25.0 Å². The zero-order valence-corrected chi connectivity index (χ0v) is 11.4. The first kappa shape index (κ1) is 13.5. The smallest absolute Gasteiger partial charge is 0.0509 e. The Kier molecular flexibility index (Phi) is 5.14. The van der Waals surface area contributed by atoms with Gasteiger partial charge < -0.3 is 10.1 Å². The predicted molar refractivity (Wildman–Crippen MR) is 73.7 cm³/mol. The van der Waals surface area contributed by atoms with Crippen molar-refractivity contribution in [3.05, 3.63) is 30.1 Å². The highest BCUT2D eigenvalue weighted by Gasteiger charge is 2.28. The summed E-state index contributed by atoms with van der Waals surface area (Å²) < 4.78 is 5.64. The monoisotopic (exact) mass is 248 g/mol. The van der Waals surface area contributed by atoms with Crippen molar-refractivity contribution in [1.82, 2.24) is 10.3 Å². The van der Waals surface area contributed by atoms with Crippen LogP contribution in [0.25, 0.3) is 0 Å². The first-order valence-electron chi connectivity index (χ1n) is 7.04. The average Bonchev–Trinajstić information content (AvgIpc) is 2.46. The zero-order chi connectivity index (χ0) is 12.8. The molecule has 0 bridgehead atoms. The fourth-order valence-electron chi connectivity index (χ4n) is 2.91. The molecule has 1 saturated heterocycles. The second kappa shape index (κ2) is 6.86. The van der Waals surface area contributed by atoms with Crippen LogP contribution in [0, 0.1) is 5.92 Å². The van der Waals surface area contributed by atoms with E-state index in [1.807, 2.05) is 12.4 Å². The summed E-state index contributed by atoms with van der Waals surface area (Å²) >= 11 is 0. The molecule has 3 atom stereocenters. The van der Waals surface area contributed by atoms with E-state index < -0.39 is 0 Å². The third kappa shape index (κ3) is 3.30. The Balaban J connectivity index is 2.08. The Hall–Kier alpha value is -0.930. The second-order valence-corrected chi connectivity index (χ2v) is 5.13. The van der Waals surface area contributed by atoms with Crippen molar-refractivity contribution in [3.63, 3.8) is 0 Å². The van der Waals surface area contributed by atoms with Gasteiger partial charge in [0.1, 0.15) is 0 Å². The van der Waals surface area contributed by atoms with Crippen LogP contribution in [-0.2, 0) is 4.74 Å². The summed E-state index contributed by atoms with van der Waals surface area (Å²) in [7, 11) is 0. The van der Waals surface area contributed by atoms with Crippen LogP contribution in [-0.4, -0.2) is 30.8 Å². The van der Waals surface area contributed by atoms with E-state index in [0.29, 0.717) is 17.9 Å². The van der Waals surface area contributed by atoms with Crippen LogP contribution in [0.5, 0.6) is 0 Å². The van der Waals surface area contributed by atoms with Crippen molar-refractivity contribution in [2.75, 3.05) is 19.8 Å². The van der Waals surface area contributed by atoms with E-state index in [-0.39, 0.29) is 0 Å². The van der Waals surface area contributed by atoms with Crippen molar-refractivity contribution in [2.24, 2.45) is 5.92 Å². The standard InChI is InChI=1S/C15H24N2O/c1-3-17-15(14-5-4-10-18-11-14)12(2)13-6-8-16-9-7-13/h6-9,12,14-15,17H,3-5,10-11H2,1-2H3. The molecule has 3 unspecified atom stereocenters. The summed E-state index contributed by atoms with van der Waals surface area (Å²) in [5.74, 6) is 1.13.